The summed E-state index contributed by atoms with van der Waals surface area (Å²) in [6, 6.07) is 3.70. The fourth-order valence-corrected chi connectivity index (χ4v) is 4.17. The lowest BCUT2D eigenvalue weighted by molar-refractivity contribution is -0.142. The topological polar surface area (TPSA) is 115 Å². The summed E-state index contributed by atoms with van der Waals surface area (Å²) in [5.41, 5.74) is 0.594. The van der Waals surface area contributed by atoms with Gasteiger partial charge in [0, 0.05) is 36.9 Å². The van der Waals surface area contributed by atoms with Gasteiger partial charge >= 0.3 is 5.97 Å². The van der Waals surface area contributed by atoms with Gasteiger partial charge in [0.2, 0.25) is 5.91 Å². The van der Waals surface area contributed by atoms with Crippen molar-refractivity contribution in [1.29, 1.82) is 0 Å². The van der Waals surface area contributed by atoms with Gasteiger partial charge in [-0.2, -0.15) is 5.10 Å². The van der Waals surface area contributed by atoms with Crippen molar-refractivity contribution in [2.45, 2.75) is 26.2 Å². The molecule has 31 heavy (non-hydrogen) atoms. The van der Waals surface area contributed by atoms with Crippen LogP contribution in [0.25, 0.3) is 5.82 Å². The SMILES string of the molecule is CCOC(=O)Cc1csc(NC(=O)C2CCCN(c3cc(-n4cccn4)ncn3)C2)n1. The van der Waals surface area contributed by atoms with Crippen LogP contribution in [0.1, 0.15) is 25.5 Å². The van der Waals surface area contributed by atoms with Gasteiger partial charge in [0.25, 0.3) is 0 Å². The molecule has 1 fully saturated rings. The average Bonchev–Trinajstić information content (AvgIpc) is 3.47. The molecule has 4 rings (SSSR count). The Balaban J connectivity index is 1.38. The zero-order valence-electron chi connectivity index (χ0n) is 17.1. The number of thiazole rings is 1. The number of hydrogen-bond acceptors (Lipinski definition) is 9. The Morgan fingerprint density at radius 1 is 1.32 bits per heavy atom. The largest absolute Gasteiger partial charge is 0.466 e. The van der Waals surface area contributed by atoms with Gasteiger partial charge in [-0.25, -0.2) is 19.6 Å². The molecule has 1 unspecified atom stereocenters. The molecule has 1 saturated heterocycles. The second kappa shape index (κ2) is 9.65. The Kier molecular flexibility index (Phi) is 6.51. The predicted octanol–water partition coefficient (Wildman–Crippen LogP) is 2.08. The van der Waals surface area contributed by atoms with Crippen LogP contribution in [0.2, 0.25) is 0 Å². The van der Waals surface area contributed by atoms with Gasteiger partial charge in [-0.3, -0.25) is 9.59 Å². The molecule has 1 aliphatic heterocycles. The fraction of sp³-hybridized carbons (Fsp3) is 0.400. The molecule has 3 aromatic heterocycles. The number of carbonyl (C=O) groups is 2. The van der Waals surface area contributed by atoms with E-state index in [0.717, 1.165) is 25.2 Å². The summed E-state index contributed by atoms with van der Waals surface area (Å²) in [6.07, 6.45) is 6.80. The number of aromatic nitrogens is 5. The van der Waals surface area contributed by atoms with E-state index in [2.05, 4.69) is 30.3 Å². The van der Waals surface area contributed by atoms with Crippen LogP contribution in [-0.2, 0) is 20.7 Å². The van der Waals surface area contributed by atoms with E-state index in [1.165, 1.54) is 17.7 Å². The Morgan fingerprint density at radius 3 is 3.00 bits per heavy atom. The van der Waals surface area contributed by atoms with Gasteiger partial charge in [-0.1, -0.05) is 0 Å². The molecule has 10 nitrogen and oxygen atoms in total. The minimum atomic E-state index is -0.326. The van der Waals surface area contributed by atoms with Crippen LogP contribution in [0.3, 0.4) is 0 Å². The second-order valence-corrected chi connectivity index (χ2v) is 7.94. The smallest absolute Gasteiger partial charge is 0.311 e. The summed E-state index contributed by atoms with van der Waals surface area (Å²) in [4.78, 5) is 39.5. The molecule has 1 atom stereocenters. The van der Waals surface area contributed by atoms with Crippen LogP contribution in [-0.4, -0.2) is 56.3 Å². The number of nitrogens with zero attached hydrogens (tertiary/aromatic N) is 6. The standard InChI is InChI=1S/C20H23N7O3S/c1-2-30-18(28)9-15-12-31-20(24-15)25-19(29)14-5-3-7-26(11-14)16-10-17(22-13-21-16)27-8-4-6-23-27/h4,6,8,10,12-14H,2-3,5,7,9,11H2,1H3,(H,24,25,29). The van der Waals surface area contributed by atoms with Gasteiger partial charge in [0.15, 0.2) is 10.9 Å². The molecule has 0 aliphatic carbocycles. The number of amides is 1. The van der Waals surface area contributed by atoms with Crippen molar-refractivity contribution in [2.24, 2.45) is 5.92 Å². The van der Waals surface area contributed by atoms with Crippen molar-refractivity contribution in [3.63, 3.8) is 0 Å². The minimum absolute atomic E-state index is 0.0805. The lowest BCUT2D eigenvalue weighted by Crippen LogP contribution is -2.41. The molecule has 1 aliphatic rings. The summed E-state index contributed by atoms with van der Waals surface area (Å²) < 4.78 is 6.61. The number of carbonyl (C=O) groups excluding carboxylic acids is 2. The van der Waals surface area contributed by atoms with E-state index in [-0.39, 0.29) is 24.2 Å². The summed E-state index contributed by atoms with van der Waals surface area (Å²) in [5, 5.41) is 9.34. The number of esters is 1. The van der Waals surface area contributed by atoms with Crippen molar-refractivity contribution >= 4 is 34.2 Å². The number of anilines is 2. The van der Waals surface area contributed by atoms with Gasteiger partial charge in [-0.15, -0.1) is 11.3 Å². The van der Waals surface area contributed by atoms with Crippen LogP contribution in [0.15, 0.2) is 36.2 Å². The lowest BCUT2D eigenvalue weighted by Gasteiger charge is -2.32. The normalized spacial score (nSPS) is 16.2. The molecule has 0 spiro atoms. The zero-order chi connectivity index (χ0) is 21.6. The van der Waals surface area contributed by atoms with Crippen molar-refractivity contribution in [3.05, 3.63) is 41.9 Å². The highest BCUT2D eigenvalue weighted by molar-refractivity contribution is 7.13. The van der Waals surface area contributed by atoms with E-state index in [4.69, 9.17) is 4.74 Å². The first kappa shape index (κ1) is 20.9. The third kappa shape index (κ3) is 5.23. The fourth-order valence-electron chi connectivity index (χ4n) is 3.45. The molecule has 0 bridgehead atoms. The van der Waals surface area contributed by atoms with Crippen molar-refractivity contribution in [1.82, 2.24) is 24.7 Å². The van der Waals surface area contributed by atoms with Gasteiger partial charge in [-0.05, 0) is 25.8 Å². The number of rotatable bonds is 7. The minimum Gasteiger partial charge on any atom is -0.466 e. The number of ether oxygens (including phenoxy) is 1. The molecule has 0 aromatic carbocycles. The highest BCUT2D eigenvalue weighted by Gasteiger charge is 2.27. The Morgan fingerprint density at radius 2 is 2.19 bits per heavy atom. The van der Waals surface area contributed by atoms with Crippen molar-refractivity contribution < 1.29 is 14.3 Å². The van der Waals surface area contributed by atoms with Crippen LogP contribution in [0.4, 0.5) is 10.9 Å². The highest BCUT2D eigenvalue weighted by atomic mass is 32.1. The van der Waals surface area contributed by atoms with E-state index < -0.39 is 0 Å². The molecular weight excluding hydrogens is 418 g/mol. The highest BCUT2D eigenvalue weighted by Crippen LogP contribution is 2.24. The first-order valence-electron chi connectivity index (χ1n) is 10.1. The number of nitrogens with one attached hydrogen (secondary N) is 1. The second-order valence-electron chi connectivity index (χ2n) is 7.09. The number of piperidine rings is 1. The molecule has 162 valence electrons. The molecule has 1 N–H and O–H groups in total. The maximum absolute atomic E-state index is 12.8. The van der Waals surface area contributed by atoms with Crippen LogP contribution in [0, 0.1) is 5.92 Å². The Hall–Kier alpha value is -3.34. The Labute approximate surface area is 183 Å². The molecule has 1 amide bonds. The van der Waals surface area contributed by atoms with Crippen LogP contribution >= 0.6 is 11.3 Å². The molecule has 0 radical (unpaired) electrons. The van der Waals surface area contributed by atoms with E-state index in [1.807, 2.05) is 18.3 Å². The zero-order valence-corrected chi connectivity index (χ0v) is 17.9. The third-order valence-electron chi connectivity index (χ3n) is 4.91. The van der Waals surface area contributed by atoms with E-state index in [9.17, 15) is 9.59 Å². The van der Waals surface area contributed by atoms with Gasteiger partial charge in [0.05, 0.1) is 24.6 Å². The predicted molar refractivity (Wildman–Crippen MR) is 115 cm³/mol. The summed E-state index contributed by atoms with van der Waals surface area (Å²) in [5.74, 6) is 0.854. The maximum atomic E-state index is 12.8. The van der Waals surface area contributed by atoms with Gasteiger partial charge in [0.1, 0.15) is 12.1 Å². The molecule has 3 aromatic rings. The maximum Gasteiger partial charge on any atom is 0.311 e. The lowest BCUT2D eigenvalue weighted by atomic mass is 9.97. The summed E-state index contributed by atoms with van der Waals surface area (Å²) in [6.45, 7) is 3.47. The molecule has 0 saturated carbocycles. The average molecular weight is 442 g/mol. The van der Waals surface area contributed by atoms with Crippen molar-refractivity contribution in [2.75, 3.05) is 29.9 Å². The molecular formula is C20H23N7O3S. The van der Waals surface area contributed by atoms with E-state index in [0.29, 0.717) is 29.8 Å². The monoisotopic (exact) mass is 441 g/mol. The molecule has 4 heterocycles. The quantitative estimate of drug-likeness (QED) is 0.554. The van der Waals surface area contributed by atoms with Gasteiger partial charge < -0.3 is 15.0 Å². The van der Waals surface area contributed by atoms with E-state index >= 15 is 0 Å². The first-order valence-corrected chi connectivity index (χ1v) is 11.0. The van der Waals surface area contributed by atoms with E-state index in [1.54, 1.807) is 23.2 Å². The Bertz CT molecular complexity index is 1040. The van der Waals surface area contributed by atoms with Crippen LogP contribution < -0.4 is 10.2 Å². The van der Waals surface area contributed by atoms with Crippen molar-refractivity contribution in [3.8, 4) is 5.82 Å². The first-order chi connectivity index (χ1) is 15.1. The van der Waals surface area contributed by atoms with Crippen LogP contribution in [0.5, 0.6) is 0 Å². The summed E-state index contributed by atoms with van der Waals surface area (Å²) in [7, 11) is 0. The number of hydrogen-bond donors (Lipinski definition) is 1. The summed E-state index contributed by atoms with van der Waals surface area (Å²) >= 11 is 1.30. The molecule has 11 heteroatoms. The third-order valence-corrected chi connectivity index (χ3v) is 5.71.